The van der Waals surface area contributed by atoms with Crippen LogP contribution >= 0.6 is 11.6 Å². The van der Waals surface area contributed by atoms with Crippen LogP contribution in [-0.4, -0.2) is 48.6 Å². The van der Waals surface area contributed by atoms with Gasteiger partial charge in [0.25, 0.3) is 0 Å². The van der Waals surface area contributed by atoms with Crippen LogP contribution in [0.2, 0.25) is 5.15 Å². The molecule has 0 bridgehead atoms. The third kappa shape index (κ3) is 4.05. The summed E-state index contributed by atoms with van der Waals surface area (Å²) < 4.78 is 0. The molecule has 2 rings (SSSR count). The Kier molecular flexibility index (Phi) is 5.40. The third-order valence-corrected chi connectivity index (χ3v) is 3.88. The van der Waals surface area contributed by atoms with Crippen molar-refractivity contribution in [1.82, 2.24) is 14.9 Å². The molecule has 106 valence electrons. The van der Waals surface area contributed by atoms with E-state index in [-0.39, 0.29) is 0 Å². The number of aromatic nitrogens is 2. The van der Waals surface area contributed by atoms with Gasteiger partial charge < -0.3 is 9.80 Å². The Morgan fingerprint density at radius 2 is 1.95 bits per heavy atom. The van der Waals surface area contributed by atoms with E-state index >= 15 is 0 Å². The van der Waals surface area contributed by atoms with Crippen molar-refractivity contribution in [2.24, 2.45) is 0 Å². The minimum absolute atomic E-state index is 0.620. The topological polar surface area (TPSA) is 32.3 Å². The third-order valence-electron chi connectivity index (χ3n) is 3.56. The molecule has 0 amide bonds. The van der Waals surface area contributed by atoms with E-state index in [9.17, 15) is 0 Å². The fraction of sp³-hybridized carbons (Fsp3) is 0.714. The number of hydrogen-bond donors (Lipinski definition) is 0. The van der Waals surface area contributed by atoms with Crippen molar-refractivity contribution >= 4 is 17.4 Å². The Morgan fingerprint density at radius 1 is 1.21 bits per heavy atom. The van der Waals surface area contributed by atoms with Gasteiger partial charge in [-0.05, 0) is 52.7 Å². The van der Waals surface area contributed by atoms with E-state index in [1.165, 1.54) is 19.3 Å². The van der Waals surface area contributed by atoms with Gasteiger partial charge in [0.2, 0.25) is 0 Å². The molecule has 2 heterocycles. The van der Waals surface area contributed by atoms with Gasteiger partial charge in [0.15, 0.2) is 0 Å². The van der Waals surface area contributed by atoms with Gasteiger partial charge in [0, 0.05) is 18.7 Å². The highest BCUT2D eigenvalue weighted by Crippen LogP contribution is 2.27. The predicted octanol–water partition coefficient (Wildman–Crippen LogP) is 2.61. The summed E-state index contributed by atoms with van der Waals surface area (Å²) in [4.78, 5) is 13.2. The quantitative estimate of drug-likeness (QED) is 0.777. The highest BCUT2D eigenvalue weighted by atomic mass is 35.5. The van der Waals surface area contributed by atoms with Gasteiger partial charge in [0.05, 0.1) is 0 Å². The Labute approximate surface area is 120 Å². The first-order valence-corrected chi connectivity index (χ1v) is 7.45. The summed E-state index contributed by atoms with van der Waals surface area (Å²) >= 11 is 6.27. The number of rotatable bonds is 5. The maximum Gasteiger partial charge on any atom is 0.137 e. The van der Waals surface area contributed by atoms with E-state index in [0.29, 0.717) is 5.15 Å². The zero-order chi connectivity index (χ0) is 13.7. The molecule has 0 N–H and O–H groups in total. The molecular weight excluding hydrogens is 260 g/mol. The van der Waals surface area contributed by atoms with Crippen molar-refractivity contribution in [3.8, 4) is 0 Å². The lowest BCUT2D eigenvalue weighted by atomic mass is 10.1. The average molecular weight is 283 g/mol. The summed E-state index contributed by atoms with van der Waals surface area (Å²) in [5.74, 6) is 1.05. The van der Waals surface area contributed by atoms with Gasteiger partial charge in [0.1, 0.15) is 17.3 Å². The van der Waals surface area contributed by atoms with Gasteiger partial charge in [-0.1, -0.05) is 11.6 Å². The van der Waals surface area contributed by atoms with Crippen LogP contribution in [0, 0.1) is 0 Å². The maximum absolute atomic E-state index is 6.27. The van der Waals surface area contributed by atoms with Crippen molar-refractivity contribution in [1.29, 1.82) is 0 Å². The SMILES string of the molecule is CN(C)CCCc1c(Cl)ncnc1N1CCCCC1. The van der Waals surface area contributed by atoms with Gasteiger partial charge in [-0.2, -0.15) is 0 Å². The fourth-order valence-electron chi connectivity index (χ4n) is 2.55. The highest BCUT2D eigenvalue weighted by Gasteiger charge is 2.18. The van der Waals surface area contributed by atoms with E-state index in [1.807, 2.05) is 0 Å². The van der Waals surface area contributed by atoms with Gasteiger partial charge >= 0.3 is 0 Å². The van der Waals surface area contributed by atoms with Crippen molar-refractivity contribution in [2.45, 2.75) is 32.1 Å². The van der Waals surface area contributed by atoms with Crippen LogP contribution in [0.1, 0.15) is 31.2 Å². The summed E-state index contributed by atoms with van der Waals surface area (Å²) in [6.07, 6.45) is 7.44. The molecule has 0 unspecified atom stereocenters. The second-order valence-electron chi connectivity index (χ2n) is 5.42. The monoisotopic (exact) mass is 282 g/mol. The molecule has 1 aromatic heterocycles. The van der Waals surface area contributed by atoms with E-state index in [2.05, 4.69) is 33.9 Å². The standard InChI is InChI=1S/C14H23ClN4/c1-18(2)8-6-7-12-13(15)16-11-17-14(12)19-9-4-3-5-10-19/h11H,3-10H2,1-2H3. The van der Waals surface area contributed by atoms with Crippen LogP contribution in [0.4, 0.5) is 5.82 Å². The summed E-state index contributed by atoms with van der Waals surface area (Å²) in [6.45, 7) is 3.24. The maximum atomic E-state index is 6.27. The van der Waals surface area contributed by atoms with Crippen molar-refractivity contribution in [2.75, 3.05) is 38.6 Å². The summed E-state index contributed by atoms with van der Waals surface area (Å²) in [6, 6.07) is 0. The van der Waals surface area contributed by atoms with Crippen LogP contribution in [-0.2, 0) is 6.42 Å². The van der Waals surface area contributed by atoms with E-state index in [0.717, 1.165) is 43.9 Å². The number of anilines is 1. The molecule has 0 atom stereocenters. The Morgan fingerprint density at radius 3 is 2.63 bits per heavy atom. The largest absolute Gasteiger partial charge is 0.356 e. The Hall–Kier alpha value is -0.870. The molecule has 1 fully saturated rings. The molecule has 0 aromatic carbocycles. The zero-order valence-electron chi connectivity index (χ0n) is 11.9. The molecule has 5 heteroatoms. The molecule has 0 spiro atoms. The van der Waals surface area contributed by atoms with Crippen LogP contribution in [0.25, 0.3) is 0 Å². The molecule has 1 saturated heterocycles. The molecule has 1 aromatic rings. The Bertz CT molecular complexity index is 402. The zero-order valence-corrected chi connectivity index (χ0v) is 12.7. The van der Waals surface area contributed by atoms with Crippen molar-refractivity contribution < 1.29 is 0 Å². The van der Waals surface area contributed by atoms with Gasteiger partial charge in [-0.25, -0.2) is 9.97 Å². The first-order valence-electron chi connectivity index (χ1n) is 7.07. The minimum atomic E-state index is 0.620. The number of hydrogen-bond acceptors (Lipinski definition) is 4. The summed E-state index contributed by atoms with van der Waals surface area (Å²) in [5, 5.41) is 0.620. The fourth-order valence-corrected chi connectivity index (χ4v) is 2.77. The lowest BCUT2D eigenvalue weighted by Gasteiger charge is -2.29. The molecule has 19 heavy (non-hydrogen) atoms. The van der Waals surface area contributed by atoms with E-state index < -0.39 is 0 Å². The molecule has 4 nitrogen and oxygen atoms in total. The molecule has 1 aliphatic heterocycles. The van der Waals surface area contributed by atoms with E-state index in [1.54, 1.807) is 6.33 Å². The van der Waals surface area contributed by atoms with Gasteiger partial charge in [-0.3, -0.25) is 0 Å². The first kappa shape index (κ1) is 14.5. The van der Waals surface area contributed by atoms with Gasteiger partial charge in [-0.15, -0.1) is 0 Å². The normalized spacial score (nSPS) is 16.1. The number of halogens is 1. The lowest BCUT2D eigenvalue weighted by Crippen LogP contribution is -2.31. The lowest BCUT2D eigenvalue weighted by molar-refractivity contribution is 0.400. The Balaban J connectivity index is 2.10. The second kappa shape index (κ2) is 7.06. The predicted molar refractivity (Wildman–Crippen MR) is 80.0 cm³/mol. The summed E-state index contributed by atoms with van der Waals surface area (Å²) in [7, 11) is 4.18. The van der Waals surface area contributed by atoms with Crippen molar-refractivity contribution in [3.05, 3.63) is 17.0 Å². The van der Waals surface area contributed by atoms with Crippen LogP contribution in [0.15, 0.2) is 6.33 Å². The minimum Gasteiger partial charge on any atom is -0.356 e. The molecule has 0 radical (unpaired) electrons. The second-order valence-corrected chi connectivity index (χ2v) is 5.78. The smallest absolute Gasteiger partial charge is 0.137 e. The van der Waals surface area contributed by atoms with Crippen LogP contribution in [0.5, 0.6) is 0 Å². The van der Waals surface area contributed by atoms with Crippen LogP contribution < -0.4 is 4.90 Å². The van der Waals surface area contributed by atoms with E-state index in [4.69, 9.17) is 11.6 Å². The summed E-state index contributed by atoms with van der Waals surface area (Å²) in [5.41, 5.74) is 1.12. The molecule has 0 saturated carbocycles. The molecule has 0 aliphatic carbocycles. The van der Waals surface area contributed by atoms with Crippen LogP contribution in [0.3, 0.4) is 0 Å². The number of piperidine rings is 1. The number of nitrogens with zero attached hydrogens (tertiary/aromatic N) is 4. The highest BCUT2D eigenvalue weighted by molar-refractivity contribution is 6.30. The first-order chi connectivity index (χ1) is 9.18. The van der Waals surface area contributed by atoms with Crippen molar-refractivity contribution in [3.63, 3.8) is 0 Å². The average Bonchev–Trinajstić information content (AvgIpc) is 2.41. The molecule has 1 aliphatic rings. The molecular formula is C14H23ClN4.